The van der Waals surface area contributed by atoms with Crippen LogP contribution in [0.4, 0.5) is 0 Å². The van der Waals surface area contributed by atoms with Crippen LogP contribution in [0.2, 0.25) is 0 Å². The van der Waals surface area contributed by atoms with E-state index in [0.29, 0.717) is 0 Å². The van der Waals surface area contributed by atoms with Crippen LogP contribution in [0, 0.1) is 5.53 Å². The molecule has 40 valence electrons. The molecule has 0 aliphatic carbocycles. The average Bonchev–Trinajstić information content (AvgIpc) is 1.72. The Bertz CT molecular complexity index is 88.2. The van der Waals surface area contributed by atoms with Crippen LogP contribution < -0.4 is 5.73 Å². The molecule has 0 rings (SSSR count). The Morgan fingerprint density at radius 2 is 2.57 bits per heavy atom. The second-order valence-electron chi connectivity index (χ2n) is 0.928. The molecule has 7 heavy (non-hydrogen) atoms. The summed E-state index contributed by atoms with van der Waals surface area (Å²) in [6, 6.07) is 0. The van der Waals surface area contributed by atoms with E-state index in [1.54, 1.807) is 0 Å². The molecule has 0 bridgehead atoms. The van der Waals surface area contributed by atoms with Gasteiger partial charge >= 0.3 is 0 Å². The van der Waals surface area contributed by atoms with Crippen LogP contribution in [0.3, 0.4) is 0 Å². The van der Waals surface area contributed by atoms with Crippen molar-refractivity contribution in [2.24, 2.45) is 10.8 Å². The summed E-state index contributed by atoms with van der Waals surface area (Å²) in [5.74, 6) is 0. The van der Waals surface area contributed by atoms with E-state index >= 15 is 0 Å². The molecule has 0 aliphatic rings. The van der Waals surface area contributed by atoms with Gasteiger partial charge in [0.1, 0.15) is 5.70 Å². The molecule has 0 aromatic heterocycles. The molecule has 0 aliphatic heterocycles. The fourth-order valence-corrected chi connectivity index (χ4v) is 0.125. The molecule has 0 unspecified atom stereocenters. The summed E-state index contributed by atoms with van der Waals surface area (Å²) < 4.78 is 0. The molecule has 0 saturated carbocycles. The highest BCUT2D eigenvalue weighted by Crippen LogP contribution is 1.87. The van der Waals surface area contributed by atoms with Crippen LogP contribution in [0.5, 0.6) is 0 Å². The van der Waals surface area contributed by atoms with Crippen LogP contribution in [-0.2, 0) is 0 Å². The lowest BCUT2D eigenvalue weighted by atomic mass is 10.5. The number of hydrogen-bond donors (Lipinski definition) is 3. The quantitative estimate of drug-likeness (QED) is 0.421. The minimum Gasteiger partial charge on any atom is -0.403 e. The Kier molecular flexibility index (Phi) is 2.87. The van der Waals surface area contributed by atoms with Gasteiger partial charge in [0.25, 0.3) is 0 Å². The van der Waals surface area contributed by atoms with Crippen molar-refractivity contribution in [1.82, 2.24) is 0 Å². The van der Waals surface area contributed by atoms with Crippen LogP contribution in [0.25, 0.3) is 0 Å². The highest BCUT2D eigenvalue weighted by Gasteiger charge is 1.83. The first-order valence-corrected chi connectivity index (χ1v) is 1.74. The van der Waals surface area contributed by atoms with E-state index in [4.69, 9.17) is 16.4 Å². The van der Waals surface area contributed by atoms with Crippen LogP contribution in [0.15, 0.2) is 17.0 Å². The number of nitrogens with zero attached hydrogens (tertiary/aromatic N) is 1. The summed E-state index contributed by atoms with van der Waals surface area (Å²) in [5.41, 5.74) is 11.3. The normalized spacial score (nSPS) is 11.3. The molecular formula is C3H7N3O. The molecule has 0 spiro atoms. The van der Waals surface area contributed by atoms with Crippen molar-refractivity contribution in [3.8, 4) is 0 Å². The van der Waals surface area contributed by atoms with E-state index in [0.717, 1.165) is 6.20 Å². The number of nitrogens with two attached hydrogens (primary N) is 1. The average molecular weight is 101 g/mol. The minimum absolute atomic E-state index is 0.181. The molecule has 0 radical (unpaired) electrons. The zero-order chi connectivity index (χ0) is 5.70. The van der Waals surface area contributed by atoms with Crippen LogP contribution in [0.1, 0.15) is 0 Å². The Labute approximate surface area is 41.2 Å². The predicted molar refractivity (Wildman–Crippen MR) is 24.5 cm³/mol. The molecule has 0 amide bonds. The van der Waals surface area contributed by atoms with Crippen LogP contribution in [-0.4, -0.2) is 11.7 Å². The van der Waals surface area contributed by atoms with Gasteiger partial charge in [0.15, 0.2) is 0 Å². The van der Waals surface area contributed by atoms with Crippen molar-refractivity contribution in [3.63, 3.8) is 0 Å². The number of nitrogens with one attached hydrogen (secondary N) is 1. The fraction of sp³-hybridized carbons (Fsp3) is 0.333. The first-order valence-electron chi connectivity index (χ1n) is 1.74. The van der Waals surface area contributed by atoms with E-state index in [9.17, 15) is 0 Å². The molecule has 0 heterocycles. The lowest BCUT2D eigenvalue weighted by molar-refractivity contribution is 0.328. The maximum Gasteiger partial charge on any atom is 0.103 e. The Morgan fingerprint density at radius 1 is 2.00 bits per heavy atom. The Balaban J connectivity index is 3.60. The van der Waals surface area contributed by atoms with Gasteiger partial charge in [0.05, 0.1) is 6.61 Å². The summed E-state index contributed by atoms with van der Waals surface area (Å²) in [6.07, 6.45) is 1.09. The van der Waals surface area contributed by atoms with Crippen molar-refractivity contribution < 1.29 is 5.11 Å². The molecule has 4 heteroatoms. The SMILES string of the molecule is N=N/C(=C\N)CO. The summed E-state index contributed by atoms with van der Waals surface area (Å²) in [4.78, 5) is 0. The number of hydrogen-bond acceptors (Lipinski definition) is 4. The molecule has 0 atom stereocenters. The summed E-state index contributed by atoms with van der Waals surface area (Å²) >= 11 is 0. The fourth-order valence-electron chi connectivity index (χ4n) is 0.125. The van der Waals surface area contributed by atoms with Crippen molar-refractivity contribution in [3.05, 3.63) is 11.9 Å². The first-order chi connectivity index (χ1) is 3.35. The summed E-state index contributed by atoms with van der Waals surface area (Å²) in [5, 5.41) is 11.0. The lowest BCUT2D eigenvalue weighted by Gasteiger charge is -1.85. The largest absolute Gasteiger partial charge is 0.403 e. The number of rotatable bonds is 2. The van der Waals surface area contributed by atoms with Crippen molar-refractivity contribution in [2.45, 2.75) is 0 Å². The molecule has 4 N–H and O–H groups in total. The Morgan fingerprint density at radius 3 is 2.57 bits per heavy atom. The van der Waals surface area contributed by atoms with Gasteiger partial charge in [0.2, 0.25) is 0 Å². The van der Waals surface area contributed by atoms with Crippen molar-refractivity contribution in [1.29, 1.82) is 5.53 Å². The second kappa shape index (κ2) is 3.30. The maximum absolute atomic E-state index is 8.16. The maximum atomic E-state index is 8.16. The minimum atomic E-state index is -0.264. The smallest absolute Gasteiger partial charge is 0.103 e. The Hall–Kier alpha value is -0.900. The van der Waals surface area contributed by atoms with E-state index in [1.165, 1.54) is 0 Å². The monoisotopic (exact) mass is 101 g/mol. The first kappa shape index (κ1) is 6.10. The highest BCUT2D eigenvalue weighted by atomic mass is 16.3. The standard InChI is InChI=1S/C3H7N3O/c4-1-3(2-7)6-5/h1,5,7H,2,4H2/b3-1-,6-5?. The molecular weight excluding hydrogens is 94.1 g/mol. The third kappa shape index (κ3) is 1.88. The van der Waals surface area contributed by atoms with Gasteiger partial charge in [-0.15, -0.1) is 0 Å². The highest BCUT2D eigenvalue weighted by molar-refractivity contribution is 4.94. The third-order valence-electron chi connectivity index (χ3n) is 0.498. The van der Waals surface area contributed by atoms with Crippen molar-refractivity contribution >= 4 is 0 Å². The van der Waals surface area contributed by atoms with Crippen LogP contribution >= 0.6 is 0 Å². The van der Waals surface area contributed by atoms with Gasteiger partial charge in [-0.05, 0) is 0 Å². The molecule has 0 aromatic carbocycles. The molecule has 0 fully saturated rings. The summed E-state index contributed by atoms with van der Waals surface area (Å²) in [6.45, 7) is -0.264. The van der Waals surface area contributed by atoms with Gasteiger partial charge in [-0.3, -0.25) is 0 Å². The van der Waals surface area contributed by atoms with Gasteiger partial charge in [-0.1, -0.05) is 0 Å². The van der Waals surface area contributed by atoms with E-state index in [-0.39, 0.29) is 12.3 Å². The van der Waals surface area contributed by atoms with Crippen molar-refractivity contribution in [2.75, 3.05) is 6.61 Å². The van der Waals surface area contributed by atoms with Gasteiger partial charge in [-0.2, -0.15) is 5.11 Å². The second-order valence-corrected chi connectivity index (χ2v) is 0.928. The van der Waals surface area contributed by atoms with Gasteiger partial charge in [0, 0.05) is 6.20 Å². The molecule has 0 aromatic rings. The molecule has 4 nitrogen and oxygen atoms in total. The molecule has 0 saturated heterocycles. The predicted octanol–water partition coefficient (Wildman–Crippen LogP) is -0.190. The van der Waals surface area contributed by atoms with Gasteiger partial charge < -0.3 is 10.8 Å². The van der Waals surface area contributed by atoms with E-state index in [2.05, 4.69) is 5.11 Å². The van der Waals surface area contributed by atoms with E-state index < -0.39 is 0 Å². The zero-order valence-corrected chi connectivity index (χ0v) is 3.76. The summed E-state index contributed by atoms with van der Waals surface area (Å²) in [7, 11) is 0. The number of aliphatic hydroxyl groups is 1. The van der Waals surface area contributed by atoms with Gasteiger partial charge in [-0.25, -0.2) is 5.53 Å². The topological polar surface area (TPSA) is 82.5 Å². The third-order valence-corrected chi connectivity index (χ3v) is 0.498. The zero-order valence-electron chi connectivity index (χ0n) is 3.76. The number of aliphatic hydroxyl groups excluding tert-OH is 1. The lowest BCUT2D eigenvalue weighted by Crippen LogP contribution is -1.89. The van der Waals surface area contributed by atoms with E-state index in [1.807, 2.05) is 0 Å².